The molecule has 2 heterocycles. The van der Waals surface area contributed by atoms with Crippen LogP contribution in [0.1, 0.15) is 48.0 Å². The van der Waals surface area contributed by atoms with E-state index in [-0.39, 0.29) is 23.4 Å². The fourth-order valence-electron chi connectivity index (χ4n) is 4.79. The van der Waals surface area contributed by atoms with Crippen molar-refractivity contribution in [2.75, 3.05) is 6.54 Å². The number of aliphatic hydroxyl groups is 1. The summed E-state index contributed by atoms with van der Waals surface area (Å²) < 4.78 is 0. The first-order chi connectivity index (χ1) is 13.0. The molecule has 4 rings (SSSR count). The molecular weight excluding hydrogens is 364 g/mol. The van der Waals surface area contributed by atoms with Crippen LogP contribution in [0.4, 0.5) is 0 Å². The maximum atomic E-state index is 13.1. The molecule has 1 saturated carbocycles. The largest absolute Gasteiger partial charge is 0.385 e. The molecule has 2 aromatic rings. The summed E-state index contributed by atoms with van der Waals surface area (Å²) in [6, 6.07) is 11.1. The smallest absolute Gasteiger partial charge is 0.260 e. The molecule has 27 heavy (non-hydrogen) atoms. The zero-order valence-electron chi connectivity index (χ0n) is 15.0. The summed E-state index contributed by atoms with van der Waals surface area (Å²) in [5.41, 5.74) is -0.392. The van der Waals surface area contributed by atoms with Crippen LogP contribution in [0.25, 0.3) is 0 Å². The van der Waals surface area contributed by atoms with Crippen molar-refractivity contribution in [2.24, 2.45) is 5.92 Å². The summed E-state index contributed by atoms with van der Waals surface area (Å²) in [7, 11) is 0. The molecule has 2 aliphatic rings. The summed E-state index contributed by atoms with van der Waals surface area (Å²) in [4.78, 5) is 29.6. The fourth-order valence-corrected chi connectivity index (χ4v) is 4.96. The van der Waals surface area contributed by atoms with Gasteiger partial charge >= 0.3 is 0 Å². The molecule has 0 bridgehead atoms. The van der Waals surface area contributed by atoms with E-state index < -0.39 is 11.2 Å². The summed E-state index contributed by atoms with van der Waals surface area (Å²) in [6.45, 7) is 0.414. The second-order valence-corrected chi connectivity index (χ2v) is 7.99. The topological polar surface area (TPSA) is 73.4 Å². The van der Waals surface area contributed by atoms with Crippen LogP contribution in [-0.2, 0) is 5.60 Å². The predicted molar refractivity (Wildman–Crippen MR) is 104 cm³/mol. The van der Waals surface area contributed by atoms with Crippen molar-refractivity contribution in [1.82, 2.24) is 9.88 Å². The summed E-state index contributed by atoms with van der Waals surface area (Å²) in [5.74, 6) is -0.338. The lowest BCUT2D eigenvalue weighted by Crippen LogP contribution is -2.59. The number of likely N-dealkylation sites (tertiary alicyclic amines) is 1. The van der Waals surface area contributed by atoms with Crippen molar-refractivity contribution in [2.45, 2.75) is 43.7 Å². The van der Waals surface area contributed by atoms with Crippen LogP contribution in [-0.4, -0.2) is 33.5 Å². The number of nitrogens with zero attached hydrogens (tertiary/aromatic N) is 1. The lowest BCUT2D eigenvalue weighted by molar-refractivity contribution is -0.110. The maximum Gasteiger partial charge on any atom is 0.260 e. The Morgan fingerprint density at radius 2 is 1.96 bits per heavy atom. The minimum Gasteiger partial charge on any atom is -0.385 e. The number of halogens is 1. The Morgan fingerprint density at radius 1 is 1.22 bits per heavy atom. The Labute approximate surface area is 163 Å². The first-order valence-corrected chi connectivity index (χ1v) is 9.85. The van der Waals surface area contributed by atoms with Crippen molar-refractivity contribution in [3.63, 3.8) is 0 Å². The van der Waals surface area contributed by atoms with Gasteiger partial charge in [0.15, 0.2) is 0 Å². The number of rotatable bonds is 2. The Balaban J connectivity index is 1.69. The van der Waals surface area contributed by atoms with E-state index in [1.54, 1.807) is 4.90 Å². The molecule has 6 heteroatoms. The summed E-state index contributed by atoms with van der Waals surface area (Å²) >= 11 is 5.98. The molecule has 5 nitrogen and oxygen atoms in total. The fraction of sp³-hybridized carbons (Fsp3) is 0.429. The van der Waals surface area contributed by atoms with Crippen LogP contribution in [0.2, 0.25) is 5.02 Å². The predicted octanol–water partition coefficient (Wildman–Crippen LogP) is 3.32. The second-order valence-electron chi connectivity index (χ2n) is 7.56. The first-order valence-electron chi connectivity index (χ1n) is 9.48. The minimum atomic E-state index is -0.941. The zero-order chi connectivity index (χ0) is 19.0. The van der Waals surface area contributed by atoms with Crippen molar-refractivity contribution in [1.29, 1.82) is 0 Å². The number of benzene rings is 1. The number of fused-ring (bicyclic) bond motifs is 1. The lowest BCUT2D eigenvalue weighted by atomic mass is 9.66. The van der Waals surface area contributed by atoms with Gasteiger partial charge in [-0.1, -0.05) is 54.8 Å². The average molecular weight is 387 g/mol. The Bertz CT molecular complexity index is 898. The maximum absolute atomic E-state index is 13.1. The molecule has 1 aliphatic carbocycles. The molecule has 3 atom stereocenters. The van der Waals surface area contributed by atoms with Crippen molar-refractivity contribution in [3.8, 4) is 0 Å². The molecule has 0 radical (unpaired) electrons. The second kappa shape index (κ2) is 7.13. The molecule has 1 aromatic heterocycles. The highest BCUT2D eigenvalue weighted by Gasteiger charge is 2.50. The van der Waals surface area contributed by atoms with Gasteiger partial charge in [0, 0.05) is 24.7 Å². The summed E-state index contributed by atoms with van der Waals surface area (Å²) in [5, 5.41) is 11.9. The minimum absolute atomic E-state index is 0.0374. The van der Waals surface area contributed by atoms with Crippen LogP contribution in [0, 0.1) is 5.92 Å². The van der Waals surface area contributed by atoms with E-state index in [9.17, 15) is 14.7 Å². The highest BCUT2D eigenvalue weighted by atomic mass is 35.5. The normalized spacial score (nSPS) is 27.9. The molecule has 2 N–H and O–H groups in total. The van der Waals surface area contributed by atoms with Gasteiger partial charge < -0.3 is 15.0 Å². The van der Waals surface area contributed by atoms with E-state index in [2.05, 4.69) is 4.98 Å². The third kappa shape index (κ3) is 3.19. The van der Waals surface area contributed by atoms with Crippen LogP contribution < -0.4 is 5.56 Å². The molecule has 1 saturated heterocycles. The number of amides is 1. The molecule has 0 spiro atoms. The van der Waals surface area contributed by atoms with E-state index in [0.29, 0.717) is 18.0 Å². The van der Waals surface area contributed by atoms with E-state index in [1.807, 2.05) is 30.3 Å². The average Bonchev–Trinajstić information content (AvgIpc) is 2.70. The van der Waals surface area contributed by atoms with Gasteiger partial charge in [0.25, 0.3) is 11.5 Å². The zero-order valence-corrected chi connectivity index (χ0v) is 15.8. The number of nitrogens with one attached hydrogen (secondary N) is 1. The molecule has 2 fully saturated rings. The van der Waals surface area contributed by atoms with Crippen LogP contribution in [0.15, 0.2) is 47.4 Å². The van der Waals surface area contributed by atoms with Crippen molar-refractivity contribution >= 4 is 17.5 Å². The Hall–Kier alpha value is -2.11. The molecule has 142 valence electrons. The number of hydrogen-bond donors (Lipinski definition) is 2. The van der Waals surface area contributed by atoms with Gasteiger partial charge in [0.2, 0.25) is 0 Å². The molecular formula is C21H23ClN2O3. The SMILES string of the molecule is O=C(c1cc(Cl)c[nH]c1=O)N1CCC(O)(c2ccccc2)C2CCCCC21. The van der Waals surface area contributed by atoms with Gasteiger partial charge in [-0.05, 0) is 30.9 Å². The quantitative estimate of drug-likeness (QED) is 0.831. The number of H-pyrrole nitrogens is 1. The van der Waals surface area contributed by atoms with E-state index in [0.717, 1.165) is 31.2 Å². The van der Waals surface area contributed by atoms with Crippen LogP contribution in [0.3, 0.4) is 0 Å². The number of hydrogen-bond acceptors (Lipinski definition) is 3. The van der Waals surface area contributed by atoms with Crippen LogP contribution in [0.5, 0.6) is 0 Å². The van der Waals surface area contributed by atoms with E-state index >= 15 is 0 Å². The highest BCUT2D eigenvalue weighted by Crippen LogP contribution is 2.47. The molecule has 1 aliphatic heterocycles. The third-order valence-corrected chi connectivity index (χ3v) is 6.33. The Kier molecular flexibility index (Phi) is 4.82. The van der Waals surface area contributed by atoms with Gasteiger partial charge in [-0.25, -0.2) is 0 Å². The first kappa shape index (κ1) is 18.3. The number of aromatic amines is 1. The molecule has 1 aromatic carbocycles. The highest BCUT2D eigenvalue weighted by molar-refractivity contribution is 6.30. The molecule has 3 unspecified atom stereocenters. The van der Waals surface area contributed by atoms with Gasteiger partial charge in [-0.3, -0.25) is 9.59 Å². The number of aromatic nitrogens is 1. The number of pyridine rings is 1. The number of carbonyl (C=O) groups excluding carboxylic acids is 1. The van der Waals surface area contributed by atoms with Gasteiger partial charge in [0.05, 0.1) is 10.6 Å². The van der Waals surface area contributed by atoms with Gasteiger partial charge in [-0.15, -0.1) is 0 Å². The number of carbonyl (C=O) groups is 1. The number of piperidine rings is 1. The van der Waals surface area contributed by atoms with Gasteiger partial charge in [-0.2, -0.15) is 0 Å². The lowest BCUT2D eigenvalue weighted by Gasteiger charge is -2.52. The van der Waals surface area contributed by atoms with E-state index in [1.165, 1.54) is 12.3 Å². The van der Waals surface area contributed by atoms with Crippen molar-refractivity contribution < 1.29 is 9.90 Å². The van der Waals surface area contributed by atoms with Gasteiger partial charge in [0.1, 0.15) is 5.56 Å². The standard InChI is InChI=1S/C21H23ClN2O3/c22-15-12-16(19(25)23-13-15)20(26)24-11-10-21(27,14-6-2-1-3-7-14)17-8-4-5-9-18(17)24/h1-3,6-7,12-13,17-18,27H,4-5,8-11H2,(H,23,25). The van der Waals surface area contributed by atoms with Crippen molar-refractivity contribution in [3.05, 3.63) is 69.1 Å². The third-order valence-electron chi connectivity index (χ3n) is 6.11. The van der Waals surface area contributed by atoms with E-state index in [4.69, 9.17) is 11.6 Å². The Morgan fingerprint density at radius 3 is 2.74 bits per heavy atom. The monoisotopic (exact) mass is 386 g/mol. The summed E-state index contributed by atoms with van der Waals surface area (Å²) in [6.07, 6.45) is 5.60. The van der Waals surface area contributed by atoms with Crippen LogP contribution >= 0.6 is 11.6 Å². The molecule has 1 amide bonds.